The first-order valence-electron chi connectivity index (χ1n) is 5.13. The molecule has 2 rings (SSSR count). The van der Waals surface area contributed by atoms with Gasteiger partial charge in [-0.15, -0.1) is 0 Å². The molecule has 5 heteroatoms. The smallest absolute Gasteiger partial charge is 0.194 e. The Kier molecular flexibility index (Phi) is 3.33. The Labute approximate surface area is 103 Å². The van der Waals surface area contributed by atoms with Gasteiger partial charge in [0.05, 0.1) is 11.0 Å². The zero-order valence-electron chi connectivity index (χ0n) is 9.07. The highest BCUT2D eigenvalue weighted by Crippen LogP contribution is 2.24. The Hall–Kier alpha value is -1.23. The Balaban J connectivity index is 1.97. The number of hydrogen-bond donors (Lipinski definition) is 2. The van der Waals surface area contributed by atoms with Crippen molar-refractivity contribution in [2.75, 3.05) is 20.1 Å². The fraction of sp³-hybridized carbons (Fsp3) is 0.364. The van der Waals surface area contributed by atoms with Crippen molar-refractivity contribution in [3.05, 3.63) is 28.2 Å². The van der Waals surface area contributed by atoms with Crippen LogP contribution in [0.15, 0.2) is 27.7 Å². The summed E-state index contributed by atoms with van der Waals surface area (Å²) in [6.45, 7) is 2.54. The molecule has 0 bridgehead atoms. The maximum Gasteiger partial charge on any atom is 0.194 e. The number of benzene rings is 1. The number of likely N-dealkylation sites (N-methyl/N-ethyl adjacent to an activating group) is 1. The minimum Gasteiger partial charge on any atom is -0.507 e. The van der Waals surface area contributed by atoms with Crippen molar-refractivity contribution < 1.29 is 5.11 Å². The summed E-state index contributed by atoms with van der Waals surface area (Å²) in [6, 6.07) is 5.47. The zero-order valence-corrected chi connectivity index (χ0v) is 10.7. The highest BCUT2D eigenvalue weighted by Gasteiger charge is 2.11. The Morgan fingerprint density at radius 1 is 1.56 bits per heavy atom. The van der Waals surface area contributed by atoms with Crippen molar-refractivity contribution in [1.82, 2.24) is 10.2 Å². The van der Waals surface area contributed by atoms with E-state index in [0.717, 1.165) is 24.6 Å². The topological polar surface area (TPSA) is 47.9 Å². The van der Waals surface area contributed by atoms with Gasteiger partial charge in [-0.25, -0.2) is 0 Å². The van der Waals surface area contributed by atoms with Crippen LogP contribution in [0.25, 0.3) is 0 Å². The van der Waals surface area contributed by atoms with Crippen molar-refractivity contribution in [2.45, 2.75) is 6.54 Å². The van der Waals surface area contributed by atoms with Gasteiger partial charge in [-0.2, -0.15) is 0 Å². The van der Waals surface area contributed by atoms with E-state index >= 15 is 0 Å². The second kappa shape index (κ2) is 4.74. The highest BCUT2D eigenvalue weighted by atomic mass is 79.9. The summed E-state index contributed by atoms with van der Waals surface area (Å²) in [7, 11) is 2.02. The highest BCUT2D eigenvalue weighted by molar-refractivity contribution is 9.10. The van der Waals surface area contributed by atoms with Crippen molar-refractivity contribution in [3.8, 4) is 5.75 Å². The maximum atomic E-state index is 9.37. The van der Waals surface area contributed by atoms with Crippen LogP contribution >= 0.6 is 15.9 Å². The van der Waals surface area contributed by atoms with E-state index in [1.807, 2.05) is 19.2 Å². The second-order valence-corrected chi connectivity index (χ2v) is 4.62. The number of aliphatic imine (C=N–C) groups is 1. The van der Waals surface area contributed by atoms with Gasteiger partial charge in [0.25, 0.3) is 0 Å². The summed E-state index contributed by atoms with van der Waals surface area (Å²) in [5.41, 5.74) is 1.10. The van der Waals surface area contributed by atoms with E-state index in [9.17, 15) is 5.11 Å². The number of aromatic hydroxyl groups is 1. The fourth-order valence-electron chi connectivity index (χ4n) is 1.56. The standard InChI is InChI=1S/C11H14BrN3O/c1-15-5-4-13-11(15)14-7-8-2-3-10(16)9(12)6-8/h2-3,6,16H,4-5,7H2,1H3,(H,13,14). The number of phenols is 1. The molecule has 0 saturated heterocycles. The number of nitrogens with zero attached hydrogens (tertiary/aromatic N) is 2. The molecular formula is C11H14BrN3O. The average molecular weight is 284 g/mol. The molecule has 0 unspecified atom stereocenters. The van der Waals surface area contributed by atoms with Crippen LogP contribution in [0.3, 0.4) is 0 Å². The van der Waals surface area contributed by atoms with Crippen LogP contribution in [0.5, 0.6) is 5.75 Å². The van der Waals surface area contributed by atoms with Gasteiger partial charge in [0.15, 0.2) is 5.96 Å². The molecule has 1 aliphatic heterocycles. The third kappa shape index (κ3) is 2.47. The predicted molar refractivity (Wildman–Crippen MR) is 67.6 cm³/mol. The van der Waals surface area contributed by atoms with Crippen molar-refractivity contribution in [2.24, 2.45) is 4.99 Å². The molecule has 2 N–H and O–H groups in total. The van der Waals surface area contributed by atoms with Crippen molar-refractivity contribution in [1.29, 1.82) is 0 Å². The molecule has 1 heterocycles. The van der Waals surface area contributed by atoms with Crippen LogP contribution in [0.4, 0.5) is 0 Å². The van der Waals surface area contributed by atoms with E-state index in [4.69, 9.17) is 0 Å². The van der Waals surface area contributed by atoms with Crippen LogP contribution in [-0.4, -0.2) is 36.1 Å². The van der Waals surface area contributed by atoms with Gasteiger partial charge >= 0.3 is 0 Å². The molecule has 0 aliphatic carbocycles. The first-order chi connectivity index (χ1) is 7.66. The maximum absolute atomic E-state index is 9.37. The summed E-state index contributed by atoms with van der Waals surface area (Å²) in [5.74, 6) is 1.20. The molecule has 0 saturated carbocycles. The first kappa shape index (κ1) is 11.3. The molecule has 1 aromatic carbocycles. The summed E-state index contributed by atoms with van der Waals surface area (Å²) in [4.78, 5) is 6.43. The molecule has 86 valence electrons. The molecule has 0 spiro atoms. The number of nitrogens with one attached hydrogen (secondary N) is 1. The number of rotatable bonds is 2. The second-order valence-electron chi connectivity index (χ2n) is 3.77. The number of phenolic OH excluding ortho intramolecular Hbond substituents is 1. The van der Waals surface area contributed by atoms with Crippen molar-refractivity contribution >= 4 is 21.9 Å². The molecule has 0 aromatic heterocycles. The van der Waals surface area contributed by atoms with E-state index in [1.54, 1.807) is 6.07 Å². The van der Waals surface area contributed by atoms with Gasteiger partial charge in [-0.3, -0.25) is 4.99 Å². The summed E-state index contributed by atoms with van der Waals surface area (Å²) >= 11 is 3.29. The third-order valence-corrected chi connectivity index (χ3v) is 3.16. The van der Waals surface area contributed by atoms with Crippen LogP contribution in [0, 0.1) is 0 Å². The van der Waals surface area contributed by atoms with Gasteiger partial charge in [0, 0.05) is 20.1 Å². The zero-order chi connectivity index (χ0) is 11.5. The molecule has 0 radical (unpaired) electrons. The first-order valence-corrected chi connectivity index (χ1v) is 5.93. The molecule has 16 heavy (non-hydrogen) atoms. The Morgan fingerprint density at radius 2 is 2.38 bits per heavy atom. The van der Waals surface area contributed by atoms with Crippen LogP contribution in [0.1, 0.15) is 5.56 Å². The number of guanidine groups is 1. The average Bonchev–Trinajstić information content (AvgIpc) is 2.66. The van der Waals surface area contributed by atoms with E-state index in [0.29, 0.717) is 11.0 Å². The minimum absolute atomic E-state index is 0.263. The van der Waals surface area contributed by atoms with Gasteiger partial charge in [-0.05, 0) is 33.6 Å². The lowest BCUT2D eigenvalue weighted by Gasteiger charge is -2.15. The third-order valence-electron chi connectivity index (χ3n) is 2.52. The fourth-order valence-corrected chi connectivity index (χ4v) is 1.99. The molecular weight excluding hydrogens is 270 g/mol. The largest absolute Gasteiger partial charge is 0.507 e. The molecule has 0 atom stereocenters. The van der Waals surface area contributed by atoms with Gasteiger partial charge in [0.1, 0.15) is 5.75 Å². The summed E-state index contributed by atoms with van der Waals surface area (Å²) < 4.78 is 0.716. The Morgan fingerprint density at radius 3 is 3.00 bits per heavy atom. The SMILES string of the molecule is CN1CCN=C1NCc1ccc(O)c(Br)c1. The van der Waals surface area contributed by atoms with Crippen LogP contribution in [-0.2, 0) is 6.54 Å². The number of hydrogen-bond acceptors (Lipinski definition) is 4. The normalized spacial score (nSPS) is 15.1. The van der Waals surface area contributed by atoms with E-state index in [1.165, 1.54) is 0 Å². The molecule has 0 fully saturated rings. The minimum atomic E-state index is 0.263. The van der Waals surface area contributed by atoms with Crippen LogP contribution in [0.2, 0.25) is 0 Å². The quantitative estimate of drug-likeness (QED) is 0.866. The molecule has 0 amide bonds. The van der Waals surface area contributed by atoms with Gasteiger partial charge in [-0.1, -0.05) is 6.07 Å². The lowest BCUT2D eigenvalue weighted by molar-refractivity contribution is 0.471. The molecule has 4 nitrogen and oxygen atoms in total. The molecule has 1 aliphatic rings. The van der Waals surface area contributed by atoms with E-state index < -0.39 is 0 Å². The van der Waals surface area contributed by atoms with Crippen LogP contribution < -0.4 is 5.32 Å². The monoisotopic (exact) mass is 283 g/mol. The van der Waals surface area contributed by atoms with Crippen molar-refractivity contribution in [3.63, 3.8) is 0 Å². The van der Waals surface area contributed by atoms with E-state index in [-0.39, 0.29) is 5.75 Å². The van der Waals surface area contributed by atoms with Gasteiger partial charge in [0.2, 0.25) is 0 Å². The summed E-state index contributed by atoms with van der Waals surface area (Å²) in [5, 5.41) is 12.6. The lowest BCUT2D eigenvalue weighted by Crippen LogP contribution is -2.35. The van der Waals surface area contributed by atoms with E-state index in [2.05, 4.69) is 31.1 Å². The Bertz CT molecular complexity index is 420. The summed E-state index contributed by atoms with van der Waals surface area (Å²) in [6.07, 6.45) is 0. The van der Waals surface area contributed by atoms with Gasteiger partial charge < -0.3 is 15.3 Å². The lowest BCUT2D eigenvalue weighted by atomic mass is 10.2. The molecule has 1 aromatic rings. The predicted octanol–water partition coefficient (Wildman–Crippen LogP) is 1.55. The number of halogens is 1.